The summed E-state index contributed by atoms with van der Waals surface area (Å²) in [7, 11) is 0. The molecule has 2 saturated heterocycles. The zero-order chi connectivity index (χ0) is 25.1. The zero-order valence-corrected chi connectivity index (χ0v) is 21.6. The Balaban J connectivity index is 1.73. The summed E-state index contributed by atoms with van der Waals surface area (Å²) in [6.07, 6.45) is 0.979. The number of ketones is 1. The molecule has 1 amide bonds. The van der Waals surface area contributed by atoms with E-state index < -0.39 is 29.2 Å². The predicted octanol–water partition coefficient (Wildman–Crippen LogP) is 5.06. The van der Waals surface area contributed by atoms with E-state index in [1.165, 1.54) is 6.07 Å². The van der Waals surface area contributed by atoms with E-state index in [1.807, 2.05) is 6.07 Å². The number of Topliss-reactive ketones (excluding diaryl/α,β-unsaturated/α-hetero) is 1. The van der Waals surface area contributed by atoms with Gasteiger partial charge >= 0.3 is 0 Å². The fourth-order valence-electron chi connectivity index (χ4n) is 6.11. The summed E-state index contributed by atoms with van der Waals surface area (Å²) in [6, 6.07) is 8.99. The summed E-state index contributed by atoms with van der Waals surface area (Å²) in [5.41, 5.74) is 0.264. The fraction of sp³-hybridized carbons (Fsp3) is 0.481. The Kier molecular flexibility index (Phi) is 6.24. The Morgan fingerprint density at radius 1 is 1.17 bits per heavy atom. The van der Waals surface area contributed by atoms with Crippen LogP contribution < -0.4 is 16.0 Å². The third kappa shape index (κ3) is 4.08. The molecule has 2 aromatic carbocycles. The third-order valence-electron chi connectivity index (χ3n) is 7.64. The maximum atomic E-state index is 15.7. The maximum absolute atomic E-state index is 15.7. The van der Waals surface area contributed by atoms with Gasteiger partial charge in [-0.05, 0) is 60.2 Å². The Bertz CT molecular complexity index is 1190. The maximum Gasteiger partial charge on any atom is 0.237 e. The minimum Gasteiger partial charge on any atom is -0.325 e. The highest BCUT2D eigenvalue weighted by molar-refractivity contribution is 6.31. The van der Waals surface area contributed by atoms with E-state index in [0.29, 0.717) is 23.6 Å². The van der Waals surface area contributed by atoms with E-state index in [0.717, 1.165) is 18.7 Å². The summed E-state index contributed by atoms with van der Waals surface area (Å²) in [5.74, 6) is -1.37. The molecule has 0 radical (unpaired) electrons. The van der Waals surface area contributed by atoms with Gasteiger partial charge < -0.3 is 16.0 Å². The number of hydrogen-bond acceptors (Lipinski definition) is 4. The predicted molar refractivity (Wildman–Crippen MR) is 137 cm³/mol. The molecule has 3 aliphatic heterocycles. The van der Waals surface area contributed by atoms with Gasteiger partial charge in [-0.25, -0.2) is 4.39 Å². The molecule has 1 spiro atoms. The van der Waals surface area contributed by atoms with Crippen molar-refractivity contribution in [3.8, 4) is 0 Å². The molecule has 0 bridgehead atoms. The number of benzene rings is 2. The van der Waals surface area contributed by atoms with Gasteiger partial charge in [0.2, 0.25) is 5.91 Å². The summed E-state index contributed by atoms with van der Waals surface area (Å²) < 4.78 is 15.7. The molecule has 3 aliphatic rings. The quantitative estimate of drug-likeness (QED) is 0.518. The lowest BCUT2D eigenvalue weighted by atomic mass is 9.62. The lowest BCUT2D eigenvalue weighted by Crippen LogP contribution is -2.49. The molecule has 2 aromatic rings. The summed E-state index contributed by atoms with van der Waals surface area (Å²) in [4.78, 5) is 27.8. The highest BCUT2D eigenvalue weighted by Crippen LogP contribution is 2.57. The number of nitrogens with one attached hydrogen (secondary N) is 3. The molecular weight excluding hydrogens is 488 g/mol. The van der Waals surface area contributed by atoms with Crippen LogP contribution in [0.3, 0.4) is 0 Å². The number of anilines is 1. The first-order valence-corrected chi connectivity index (χ1v) is 12.8. The van der Waals surface area contributed by atoms with E-state index in [-0.39, 0.29) is 33.6 Å². The molecule has 0 saturated carbocycles. The van der Waals surface area contributed by atoms with Crippen LogP contribution in [0.15, 0.2) is 36.4 Å². The first kappa shape index (κ1) is 24.7. The SMILES string of the molecule is CC(C)(C)C[C@H]1N[C@@H](C(=O)CC2CNC2)[C@H](c2cccc(Cl)c2F)[C@@]12C(=O)Nc1cc(Cl)ccc12. The van der Waals surface area contributed by atoms with Gasteiger partial charge in [-0.15, -0.1) is 0 Å². The summed E-state index contributed by atoms with van der Waals surface area (Å²) in [6.45, 7) is 7.87. The second-order valence-corrected chi connectivity index (χ2v) is 12.1. The number of halogens is 3. The molecule has 8 heteroatoms. The molecule has 0 aromatic heterocycles. The van der Waals surface area contributed by atoms with Crippen molar-refractivity contribution >= 4 is 40.6 Å². The van der Waals surface area contributed by atoms with Gasteiger partial charge in [-0.2, -0.15) is 0 Å². The number of amides is 1. The van der Waals surface area contributed by atoms with Crippen molar-refractivity contribution in [1.29, 1.82) is 0 Å². The second-order valence-electron chi connectivity index (χ2n) is 11.3. The molecule has 5 nitrogen and oxygen atoms in total. The number of carbonyl (C=O) groups is 2. The monoisotopic (exact) mass is 517 g/mol. The average molecular weight is 518 g/mol. The standard InChI is InChI=1S/C27H30Cl2FN3O2/c1-26(2,3)11-21-27(17-8-7-15(28)10-19(17)32-25(27)35)22(16-5-4-6-18(29)23(16)30)24(33-21)20(34)9-14-12-31-13-14/h4-8,10,14,21-22,24,31,33H,9,11-13H2,1-3H3,(H,32,35)/t21-,22+,24+,27+/m1/s1. The van der Waals surface area contributed by atoms with Gasteiger partial charge in [0.05, 0.1) is 11.1 Å². The van der Waals surface area contributed by atoms with E-state index in [2.05, 4.69) is 36.7 Å². The summed E-state index contributed by atoms with van der Waals surface area (Å²) in [5, 5.41) is 10.2. The minimum atomic E-state index is -1.20. The average Bonchev–Trinajstić information content (AvgIpc) is 3.21. The van der Waals surface area contributed by atoms with Crippen molar-refractivity contribution in [1.82, 2.24) is 10.6 Å². The Hall–Kier alpha value is -1.99. The van der Waals surface area contributed by atoms with Crippen LogP contribution in [-0.2, 0) is 15.0 Å². The molecule has 0 aliphatic carbocycles. The summed E-state index contributed by atoms with van der Waals surface area (Å²) >= 11 is 12.5. The van der Waals surface area contributed by atoms with Crippen LogP contribution in [0.2, 0.25) is 10.0 Å². The fourth-order valence-corrected chi connectivity index (χ4v) is 6.46. The largest absolute Gasteiger partial charge is 0.325 e. The topological polar surface area (TPSA) is 70.2 Å². The molecule has 35 heavy (non-hydrogen) atoms. The molecule has 3 N–H and O–H groups in total. The number of carbonyl (C=O) groups excluding carboxylic acids is 2. The van der Waals surface area contributed by atoms with Gasteiger partial charge in [0.25, 0.3) is 0 Å². The van der Waals surface area contributed by atoms with Gasteiger partial charge in [-0.1, -0.05) is 62.2 Å². The number of rotatable bonds is 5. The van der Waals surface area contributed by atoms with E-state index >= 15 is 4.39 Å². The lowest BCUT2D eigenvalue weighted by Gasteiger charge is -2.38. The highest BCUT2D eigenvalue weighted by Gasteiger charge is 2.66. The van der Waals surface area contributed by atoms with Crippen LogP contribution in [0.5, 0.6) is 0 Å². The van der Waals surface area contributed by atoms with E-state index in [4.69, 9.17) is 23.2 Å². The molecular formula is C27H30Cl2FN3O2. The molecule has 4 atom stereocenters. The van der Waals surface area contributed by atoms with Crippen molar-refractivity contribution in [2.45, 2.75) is 57.0 Å². The van der Waals surface area contributed by atoms with Gasteiger partial charge in [0, 0.05) is 29.1 Å². The first-order chi connectivity index (χ1) is 16.5. The first-order valence-electron chi connectivity index (χ1n) is 12.1. The van der Waals surface area contributed by atoms with E-state index in [1.54, 1.807) is 24.3 Å². The molecule has 0 unspecified atom stereocenters. The Morgan fingerprint density at radius 3 is 2.57 bits per heavy atom. The van der Waals surface area contributed by atoms with Crippen molar-refractivity contribution in [2.24, 2.45) is 11.3 Å². The normalized spacial score (nSPS) is 28.2. The van der Waals surface area contributed by atoms with Crippen molar-refractivity contribution in [3.05, 3.63) is 63.4 Å². The Labute approximate surface area is 215 Å². The highest BCUT2D eigenvalue weighted by atomic mass is 35.5. The zero-order valence-electron chi connectivity index (χ0n) is 20.1. The minimum absolute atomic E-state index is 0.00752. The van der Waals surface area contributed by atoms with Crippen molar-refractivity contribution in [2.75, 3.05) is 18.4 Å². The molecule has 186 valence electrons. The van der Waals surface area contributed by atoms with Crippen molar-refractivity contribution in [3.63, 3.8) is 0 Å². The van der Waals surface area contributed by atoms with Gasteiger partial charge in [0.1, 0.15) is 11.2 Å². The second kappa shape index (κ2) is 8.84. The van der Waals surface area contributed by atoms with Crippen molar-refractivity contribution < 1.29 is 14.0 Å². The number of hydrogen-bond donors (Lipinski definition) is 3. The van der Waals surface area contributed by atoms with E-state index in [9.17, 15) is 9.59 Å². The van der Waals surface area contributed by atoms with Gasteiger partial charge in [-0.3, -0.25) is 9.59 Å². The molecule has 3 heterocycles. The van der Waals surface area contributed by atoms with Gasteiger partial charge in [0.15, 0.2) is 5.78 Å². The number of fused-ring (bicyclic) bond motifs is 2. The lowest BCUT2D eigenvalue weighted by molar-refractivity contribution is -0.123. The van der Waals surface area contributed by atoms with Crippen LogP contribution in [0.25, 0.3) is 0 Å². The molecule has 2 fully saturated rings. The van der Waals surface area contributed by atoms with Crippen LogP contribution in [0.1, 0.15) is 50.7 Å². The third-order valence-corrected chi connectivity index (χ3v) is 8.17. The van der Waals surface area contributed by atoms with Crippen LogP contribution in [0.4, 0.5) is 10.1 Å². The van der Waals surface area contributed by atoms with Crippen LogP contribution in [0, 0.1) is 17.2 Å². The molecule has 5 rings (SSSR count). The van der Waals surface area contributed by atoms with Crippen LogP contribution in [-0.4, -0.2) is 36.9 Å². The Morgan fingerprint density at radius 2 is 1.91 bits per heavy atom. The smallest absolute Gasteiger partial charge is 0.237 e. The van der Waals surface area contributed by atoms with Crippen LogP contribution >= 0.6 is 23.2 Å².